The number of fused-ring (bicyclic) bond motifs is 2. The van der Waals surface area contributed by atoms with Crippen molar-refractivity contribution in [1.82, 2.24) is 4.57 Å². The third kappa shape index (κ3) is 2.69. The van der Waals surface area contributed by atoms with E-state index in [0.717, 1.165) is 24.2 Å². The molecule has 1 saturated carbocycles. The Labute approximate surface area is 168 Å². The highest BCUT2D eigenvalue weighted by Gasteiger charge is 2.46. The van der Waals surface area contributed by atoms with Crippen LogP contribution in [0, 0.1) is 6.92 Å². The SMILES string of the molecule is Cc1n(C2CC2)c2c([n+]1Cc1ccccc1)C(=O)c1ccccc1C2=O.[Br-]. The summed E-state index contributed by atoms with van der Waals surface area (Å²) in [7, 11) is 0. The van der Waals surface area contributed by atoms with Crippen LogP contribution in [0.2, 0.25) is 0 Å². The van der Waals surface area contributed by atoms with Crippen LogP contribution in [-0.2, 0) is 6.54 Å². The number of hydrogen-bond acceptors (Lipinski definition) is 2. The fraction of sp³-hybridized carbons (Fsp3) is 0.227. The van der Waals surface area contributed by atoms with Crippen LogP contribution >= 0.6 is 0 Å². The zero-order valence-corrected chi connectivity index (χ0v) is 16.6. The highest BCUT2D eigenvalue weighted by Crippen LogP contribution is 2.39. The highest BCUT2D eigenvalue weighted by molar-refractivity contribution is 6.26. The number of benzene rings is 2. The monoisotopic (exact) mass is 422 g/mol. The van der Waals surface area contributed by atoms with Crippen LogP contribution in [0.1, 0.15) is 62.4 Å². The lowest BCUT2D eigenvalue weighted by Crippen LogP contribution is -3.00. The Morgan fingerprint density at radius 2 is 1.52 bits per heavy atom. The summed E-state index contributed by atoms with van der Waals surface area (Å²) in [6.45, 7) is 2.61. The number of carbonyl (C=O) groups is 2. The fourth-order valence-corrected chi connectivity index (χ4v) is 4.02. The second-order valence-electron chi connectivity index (χ2n) is 7.12. The molecule has 5 rings (SSSR count). The first-order valence-corrected chi connectivity index (χ1v) is 9.04. The number of imidazole rings is 1. The van der Waals surface area contributed by atoms with Crippen molar-refractivity contribution in [1.29, 1.82) is 0 Å². The van der Waals surface area contributed by atoms with Gasteiger partial charge in [-0.25, -0.2) is 9.13 Å². The van der Waals surface area contributed by atoms with Crippen molar-refractivity contribution in [2.75, 3.05) is 0 Å². The zero-order chi connectivity index (χ0) is 17.8. The molecule has 2 aliphatic carbocycles. The maximum absolute atomic E-state index is 13.3. The standard InChI is InChI=1S/C22H19N2O2.BrH/c1-14-23(13-15-7-3-2-4-8-15)19-20(24(14)16-11-12-16)22(26)18-10-6-5-9-17(18)21(19)25;/h2-10,16H,11-13H2,1H3;1H/q+1;/p-1. The lowest BCUT2D eigenvalue weighted by atomic mass is 9.90. The largest absolute Gasteiger partial charge is 1.00 e. The third-order valence-corrected chi connectivity index (χ3v) is 5.42. The summed E-state index contributed by atoms with van der Waals surface area (Å²) in [4.78, 5) is 26.5. The van der Waals surface area contributed by atoms with Crippen LogP contribution in [0.4, 0.5) is 0 Å². The molecule has 0 atom stereocenters. The first-order valence-electron chi connectivity index (χ1n) is 9.04. The Morgan fingerprint density at radius 3 is 2.15 bits per heavy atom. The maximum atomic E-state index is 13.3. The summed E-state index contributed by atoms with van der Waals surface area (Å²) >= 11 is 0. The van der Waals surface area contributed by atoms with Gasteiger partial charge in [0, 0.05) is 18.1 Å². The molecule has 4 nitrogen and oxygen atoms in total. The van der Waals surface area contributed by atoms with E-state index in [2.05, 4.69) is 16.7 Å². The molecule has 2 aliphatic rings. The van der Waals surface area contributed by atoms with Gasteiger partial charge in [-0.15, -0.1) is 0 Å². The Morgan fingerprint density at radius 1 is 0.926 bits per heavy atom. The van der Waals surface area contributed by atoms with E-state index in [1.807, 2.05) is 41.8 Å². The number of ketones is 2. The number of hydrogen-bond donors (Lipinski definition) is 0. The minimum Gasteiger partial charge on any atom is -1.00 e. The first kappa shape index (κ1) is 17.9. The van der Waals surface area contributed by atoms with Gasteiger partial charge >= 0.3 is 0 Å². The van der Waals surface area contributed by atoms with Gasteiger partial charge in [-0.05, 0) is 18.4 Å². The molecule has 3 aromatic rings. The number of aromatic nitrogens is 2. The minimum absolute atomic E-state index is 0. The molecule has 2 aromatic carbocycles. The number of carbonyl (C=O) groups excluding carboxylic acids is 2. The van der Waals surface area contributed by atoms with Crippen molar-refractivity contribution in [3.8, 4) is 0 Å². The summed E-state index contributed by atoms with van der Waals surface area (Å²) in [6, 6.07) is 17.6. The van der Waals surface area contributed by atoms with Gasteiger partial charge in [-0.1, -0.05) is 54.6 Å². The number of halogens is 1. The topological polar surface area (TPSA) is 43.0 Å². The lowest BCUT2D eigenvalue weighted by molar-refractivity contribution is -0.695. The molecule has 0 aliphatic heterocycles. The van der Waals surface area contributed by atoms with Gasteiger partial charge in [0.15, 0.2) is 0 Å². The lowest BCUT2D eigenvalue weighted by Gasteiger charge is -2.12. The van der Waals surface area contributed by atoms with Gasteiger partial charge in [0.1, 0.15) is 12.6 Å². The van der Waals surface area contributed by atoms with Gasteiger partial charge < -0.3 is 17.0 Å². The van der Waals surface area contributed by atoms with Crippen molar-refractivity contribution in [2.24, 2.45) is 0 Å². The molecular formula is C22H19BrN2O2. The molecule has 27 heavy (non-hydrogen) atoms. The van der Waals surface area contributed by atoms with Crippen LogP contribution in [0.25, 0.3) is 0 Å². The molecule has 1 aromatic heterocycles. The van der Waals surface area contributed by atoms with Gasteiger partial charge in [-0.2, -0.15) is 0 Å². The first-order chi connectivity index (χ1) is 12.7. The molecule has 1 heterocycles. The van der Waals surface area contributed by atoms with Gasteiger partial charge in [0.2, 0.25) is 23.0 Å². The van der Waals surface area contributed by atoms with E-state index in [0.29, 0.717) is 35.1 Å². The fourth-order valence-electron chi connectivity index (χ4n) is 4.02. The molecule has 136 valence electrons. The molecule has 0 bridgehead atoms. The molecule has 0 saturated heterocycles. The molecule has 0 N–H and O–H groups in total. The van der Waals surface area contributed by atoms with Crippen LogP contribution in [0.3, 0.4) is 0 Å². The second-order valence-corrected chi connectivity index (χ2v) is 7.12. The average Bonchev–Trinajstić information content (AvgIpc) is 3.46. The zero-order valence-electron chi connectivity index (χ0n) is 15.0. The Balaban J connectivity index is 0.00000180. The smallest absolute Gasteiger partial charge is 0.254 e. The number of nitrogens with zero attached hydrogens (tertiary/aromatic N) is 2. The summed E-state index contributed by atoms with van der Waals surface area (Å²) in [6.07, 6.45) is 2.13. The molecule has 0 amide bonds. The quantitative estimate of drug-likeness (QED) is 0.444. The van der Waals surface area contributed by atoms with E-state index in [9.17, 15) is 9.59 Å². The maximum Gasteiger partial charge on any atom is 0.254 e. The van der Waals surface area contributed by atoms with E-state index in [1.165, 1.54) is 0 Å². The minimum atomic E-state index is -0.0476. The molecule has 1 fully saturated rings. The van der Waals surface area contributed by atoms with Crippen molar-refractivity contribution >= 4 is 11.6 Å². The van der Waals surface area contributed by atoms with E-state index in [-0.39, 0.29) is 28.5 Å². The van der Waals surface area contributed by atoms with Crippen molar-refractivity contribution in [2.45, 2.75) is 32.4 Å². The second kappa shape index (κ2) is 6.57. The molecule has 5 heteroatoms. The van der Waals surface area contributed by atoms with Crippen molar-refractivity contribution in [3.63, 3.8) is 0 Å². The molecule has 0 spiro atoms. The van der Waals surface area contributed by atoms with E-state index >= 15 is 0 Å². The Bertz CT molecular complexity index is 1070. The Kier molecular flexibility index (Phi) is 4.35. The summed E-state index contributed by atoms with van der Waals surface area (Å²) in [5, 5.41) is 0. The van der Waals surface area contributed by atoms with E-state index in [4.69, 9.17) is 0 Å². The molecular weight excluding hydrogens is 404 g/mol. The van der Waals surface area contributed by atoms with E-state index in [1.54, 1.807) is 12.1 Å². The molecule has 0 radical (unpaired) electrons. The van der Waals surface area contributed by atoms with Crippen LogP contribution in [0.5, 0.6) is 0 Å². The van der Waals surface area contributed by atoms with Crippen LogP contribution in [-0.4, -0.2) is 16.1 Å². The predicted molar refractivity (Wildman–Crippen MR) is 96.5 cm³/mol. The van der Waals surface area contributed by atoms with Crippen molar-refractivity contribution in [3.05, 3.63) is 88.5 Å². The summed E-state index contributed by atoms with van der Waals surface area (Å²) < 4.78 is 4.13. The van der Waals surface area contributed by atoms with E-state index < -0.39 is 0 Å². The van der Waals surface area contributed by atoms with Crippen molar-refractivity contribution < 1.29 is 31.1 Å². The average molecular weight is 423 g/mol. The third-order valence-electron chi connectivity index (χ3n) is 5.42. The summed E-state index contributed by atoms with van der Waals surface area (Å²) in [5.41, 5.74) is 3.28. The normalized spacial score (nSPS) is 15.1. The van der Waals surface area contributed by atoms with Crippen LogP contribution in [0.15, 0.2) is 54.6 Å². The van der Waals surface area contributed by atoms with Gasteiger partial charge in [-0.3, -0.25) is 9.59 Å². The summed E-state index contributed by atoms with van der Waals surface area (Å²) in [5.74, 6) is 0.904. The van der Waals surface area contributed by atoms with Gasteiger partial charge in [0.05, 0.1) is 0 Å². The van der Waals surface area contributed by atoms with Gasteiger partial charge in [0.25, 0.3) is 5.82 Å². The van der Waals surface area contributed by atoms with Crippen LogP contribution < -0.4 is 21.5 Å². The molecule has 0 unspecified atom stereocenters. The predicted octanol–water partition coefficient (Wildman–Crippen LogP) is 0.247. The highest BCUT2D eigenvalue weighted by atomic mass is 79.9. The number of rotatable bonds is 3. The Hall–Kier alpha value is -2.53.